The monoisotopic (exact) mass is 491 g/mol. The normalized spacial score (nSPS) is 11.9. The molecule has 0 aliphatic heterocycles. The van der Waals surface area contributed by atoms with E-state index in [1.807, 2.05) is 62.7 Å². The number of hydrogen-bond donors (Lipinski definition) is 3. The lowest BCUT2D eigenvalue weighted by molar-refractivity contribution is -0.123. The summed E-state index contributed by atoms with van der Waals surface area (Å²) in [7, 11) is 0. The molecular weight excluding hydrogens is 466 g/mol. The second-order valence-electron chi connectivity index (χ2n) is 10.1. The minimum Gasteiger partial charge on any atom is -0.353 e. The summed E-state index contributed by atoms with van der Waals surface area (Å²) in [6.45, 7) is 7.57. The Balaban J connectivity index is 1.40. The Morgan fingerprint density at radius 3 is 2.62 bits per heavy atom. The highest BCUT2D eigenvalue weighted by atomic mass is 16.2. The Hall–Kier alpha value is -4.86. The maximum Gasteiger partial charge on any atom is 0.229 e. The summed E-state index contributed by atoms with van der Waals surface area (Å²) in [5, 5.41) is 12.3. The third-order valence-electron chi connectivity index (χ3n) is 6.17. The molecule has 0 aliphatic carbocycles. The first kappa shape index (κ1) is 22.6. The van der Waals surface area contributed by atoms with Gasteiger partial charge in [0.2, 0.25) is 5.91 Å². The van der Waals surface area contributed by atoms with Crippen molar-refractivity contribution < 1.29 is 4.79 Å². The molecule has 0 radical (unpaired) electrons. The lowest BCUT2D eigenvalue weighted by Gasteiger charge is -2.17. The van der Waals surface area contributed by atoms with Gasteiger partial charge < -0.3 is 10.3 Å². The predicted octanol–water partition coefficient (Wildman–Crippen LogP) is 5.04. The number of aryl methyl sites for hydroxylation is 1. The SMILES string of the molecule is Cc1cn(-c2nccc3[nH]c(-c4n[nH]c5ncc(-c6cncc(NC(=O)C(C)(C)C)c6)cc45)cc23)cn1. The van der Waals surface area contributed by atoms with Gasteiger partial charge in [-0.05, 0) is 31.2 Å². The van der Waals surface area contributed by atoms with Gasteiger partial charge in [0, 0.05) is 52.1 Å². The van der Waals surface area contributed by atoms with Crippen molar-refractivity contribution in [2.75, 3.05) is 5.32 Å². The summed E-state index contributed by atoms with van der Waals surface area (Å²) >= 11 is 0. The van der Waals surface area contributed by atoms with Gasteiger partial charge in [-0.25, -0.2) is 15.0 Å². The van der Waals surface area contributed by atoms with Crippen LogP contribution in [0.4, 0.5) is 5.69 Å². The Bertz CT molecular complexity index is 1780. The van der Waals surface area contributed by atoms with Gasteiger partial charge in [0.15, 0.2) is 5.65 Å². The second-order valence-corrected chi connectivity index (χ2v) is 10.1. The van der Waals surface area contributed by atoms with E-state index in [0.717, 1.165) is 50.3 Å². The zero-order valence-corrected chi connectivity index (χ0v) is 20.9. The lowest BCUT2D eigenvalue weighted by Crippen LogP contribution is -2.27. The van der Waals surface area contributed by atoms with E-state index < -0.39 is 5.41 Å². The molecule has 0 saturated heterocycles. The van der Waals surface area contributed by atoms with E-state index in [9.17, 15) is 4.79 Å². The molecule has 0 aliphatic rings. The summed E-state index contributed by atoms with van der Waals surface area (Å²) in [4.78, 5) is 33.7. The molecule has 0 atom stereocenters. The van der Waals surface area contributed by atoms with Gasteiger partial charge in [0.25, 0.3) is 0 Å². The van der Waals surface area contributed by atoms with Crippen LogP contribution in [0.25, 0.3) is 50.3 Å². The highest BCUT2D eigenvalue weighted by molar-refractivity contribution is 5.98. The average Bonchev–Trinajstić information content (AvgIpc) is 3.60. The zero-order chi connectivity index (χ0) is 25.7. The zero-order valence-electron chi connectivity index (χ0n) is 20.9. The topological polar surface area (TPSA) is 130 Å². The van der Waals surface area contributed by atoms with Crippen LogP contribution in [0.3, 0.4) is 0 Å². The van der Waals surface area contributed by atoms with Crippen LogP contribution in [0.15, 0.2) is 61.6 Å². The summed E-state index contributed by atoms with van der Waals surface area (Å²) < 4.78 is 1.91. The Kier molecular flexibility index (Phi) is 5.11. The van der Waals surface area contributed by atoms with Gasteiger partial charge in [-0.1, -0.05) is 20.8 Å². The largest absolute Gasteiger partial charge is 0.353 e. The van der Waals surface area contributed by atoms with Gasteiger partial charge >= 0.3 is 0 Å². The molecule has 0 unspecified atom stereocenters. The van der Waals surface area contributed by atoms with Crippen LogP contribution in [0, 0.1) is 12.3 Å². The Morgan fingerprint density at radius 2 is 1.84 bits per heavy atom. The lowest BCUT2D eigenvalue weighted by atomic mass is 9.95. The summed E-state index contributed by atoms with van der Waals surface area (Å²) in [6, 6.07) is 7.90. The Labute approximate surface area is 212 Å². The van der Waals surface area contributed by atoms with E-state index in [1.54, 1.807) is 31.1 Å². The quantitative estimate of drug-likeness (QED) is 0.317. The van der Waals surface area contributed by atoms with E-state index in [2.05, 4.69) is 40.4 Å². The van der Waals surface area contributed by atoms with E-state index in [1.165, 1.54) is 0 Å². The number of rotatable bonds is 4. The van der Waals surface area contributed by atoms with Gasteiger partial charge in [0.1, 0.15) is 17.8 Å². The average molecular weight is 492 g/mol. The van der Waals surface area contributed by atoms with Gasteiger partial charge in [-0.3, -0.25) is 19.4 Å². The Morgan fingerprint density at radius 1 is 1.00 bits per heavy atom. The first-order valence-corrected chi connectivity index (χ1v) is 11.9. The van der Waals surface area contributed by atoms with E-state index in [-0.39, 0.29) is 5.91 Å². The molecule has 3 N–H and O–H groups in total. The molecule has 0 fully saturated rings. The maximum absolute atomic E-state index is 12.4. The first-order chi connectivity index (χ1) is 17.8. The number of hydrogen-bond acceptors (Lipinski definition) is 6. The van der Waals surface area contributed by atoms with Crippen molar-refractivity contribution >= 4 is 33.5 Å². The van der Waals surface area contributed by atoms with Crippen molar-refractivity contribution in [2.24, 2.45) is 5.41 Å². The predicted molar refractivity (Wildman–Crippen MR) is 142 cm³/mol. The molecule has 0 bridgehead atoms. The number of aromatic nitrogens is 8. The van der Waals surface area contributed by atoms with E-state index in [4.69, 9.17) is 0 Å². The molecule has 37 heavy (non-hydrogen) atoms. The molecule has 6 aromatic rings. The van der Waals surface area contributed by atoms with Crippen LogP contribution < -0.4 is 5.32 Å². The van der Waals surface area contributed by atoms with Crippen LogP contribution >= 0.6 is 0 Å². The smallest absolute Gasteiger partial charge is 0.229 e. The summed E-state index contributed by atoms with van der Waals surface area (Å²) in [6.07, 6.45) is 10.6. The number of imidazole rings is 1. The van der Waals surface area contributed by atoms with Crippen LogP contribution in [0.2, 0.25) is 0 Å². The highest BCUT2D eigenvalue weighted by Gasteiger charge is 2.21. The fraction of sp³-hybridized carbons (Fsp3) is 0.185. The van der Waals surface area contributed by atoms with Gasteiger partial charge in [-0.15, -0.1) is 0 Å². The van der Waals surface area contributed by atoms with Crippen LogP contribution in [0.5, 0.6) is 0 Å². The molecule has 6 rings (SSSR count). The van der Waals surface area contributed by atoms with Crippen molar-refractivity contribution in [2.45, 2.75) is 27.7 Å². The molecule has 1 amide bonds. The summed E-state index contributed by atoms with van der Waals surface area (Å²) in [5.41, 5.74) is 5.96. The minimum absolute atomic E-state index is 0.0735. The molecular formula is C27H25N9O. The van der Waals surface area contributed by atoms with Crippen molar-refractivity contribution in [3.63, 3.8) is 0 Å². The standard InChI is InChI=1S/C27H25N9O/c1-15-13-36(14-31-15)25-19-9-22(33-21(19)5-6-29-25)23-20-8-17(11-30-24(20)35-34-23)16-7-18(12-28-10-16)32-26(37)27(2,3)4/h5-14,33H,1-4H3,(H,32,37)(H,30,34,35). The van der Waals surface area contributed by atoms with Crippen molar-refractivity contribution in [1.29, 1.82) is 0 Å². The number of amides is 1. The molecule has 10 heteroatoms. The molecule has 0 spiro atoms. The van der Waals surface area contributed by atoms with E-state index in [0.29, 0.717) is 11.3 Å². The van der Waals surface area contributed by atoms with Crippen LogP contribution in [0.1, 0.15) is 26.5 Å². The fourth-order valence-electron chi connectivity index (χ4n) is 4.16. The molecule has 184 valence electrons. The number of pyridine rings is 3. The van der Waals surface area contributed by atoms with Gasteiger partial charge in [-0.2, -0.15) is 5.10 Å². The number of carbonyl (C=O) groups excluding carboxylic acids is 1. The number of aromatic amines is 2. The molecule has 10 nitrogen and oxygen atoms in total. The molecule has 6 aromatic heterocycles. The summed E-state index contributed by atoms with van der Waals surface area (Å²) in [5.74, 6) is 0.718. The second kappa shape index (κ2) is 8.37. The number of anilines is 1. The van der Waals surface area contributed by atoms with Gasteiger partial charge in [0.05, 0.1) is 28.8 Å². The fourth-order valence-corrected chi connectivity index (χ4v) is 4.16. The molecule has 0 saturated carbocycles. The van der Waals surface area contributed by atoms with Crippen LogP contribution in [-0.2, 0) is 4.79 Å². The maximum atomic E-state index is 12.4. The molecule has 0 aromatic carbocycles. The van der Waals surface area contributed by atoms with Crippen molar-refractivity contribution in [1.82, 2.24) is 39.7 Å². The number of nitrogens with zero attached hydrogens (tertiary/aromatic N) is 6. The van der Waals surface area contributed by atoms with Crippen molar-refractivity contribution in [3.05, 3.63) is 67.3 Å². The molecule has 6 heterocycles. The third kappa shape index (κ3) is 4.12. The first-order valence-electron chi connectivity index (χ1n) is 11.9. The highest BCUT2D eigenvalue weighted by Crippen LogP contribution is 2.32. The number of nitrogens with one attached hydrogen (secondary N) is 3. The van der Waals surface area contributed by atoms with Crippen molar-refractivity contribution in [3.8, 4) is 28.3 Å². The third-order valence-corrected chi connectivity index (χ3v) is 6.17. The minimum atomic E-state index is -0.506. The van der Waals surface area contributed by atoms with E-state index >= 15 is 0 Å². The number of carbonyl (C=O) groups is 1. The van der Waals surface area contributed by atoms with Crippen LogP contribution in [-0.4, -0.2) is 45.6 Å². The number of H-pyrrole nitrogens is 2. The number of fused-ring (bicyclic) bond motifs is 2.